The topological polar surface area (TPSA) is 76.8 Å². The van der Waals surface area contributed by atoms with Gasteiger partial charge in [0, 0.05) is 12.6 Å². The highest BCUT2D eigenvalue weighted by Crippen LogP contribution is 2.21. The van der Waals surface area contributed by atoms with E-state index in [1.807, 2.05) is 0 Å². The Kier molecular flexibility index (Phi) is 3.32. The highest BCUT2D eigenvalue weighted by Gasteiger charge is 2.33. The molecule has 2 heterocycles. The monoisotopic (exact) mass is 259 g/mol. The molecule has 0 spiro atoms. The Balaban J connectivity index is 2.31. The Labute approximate surface area is 99.2 Å². The van der Waals surface area contributed by atoms with Gasteiger partial charge in [-0.15, -0.1) is 0 Å². The molecule has 6 nitrogen and oxygen atoms in total. The molecule has 1 aromatic rings. The standard InChI is InChI=1S/C10H13NO5S/c1-8-7-15-5-4-11(8)17(13,14)10-3-2-9(6-12)16-10/h2-3,6,8H,4-5,7H2,1H3. The number of carbonyl (C=O) groups is 1. The molecule has 1 saturated heterocycles. The van der Waals surface area contributed by atoms with Crippen molar-refractivity contribution in [3.63, 3.8) is 0 Å². The van der Waals surface area contributed by atoms with E-state index >= 15 is 0 Å². The van der Waals surface area contributed by atoms with E-state index in [2.05, 4.69) is 0 Å². The van der Waals surface area contributed by atoms with Crippen molar-refractivity contribution < 1.29 is 22.4 Å². The summed E-state index contributed by atoms with van der Waals surface area (Å²) in [6.07, 6.45) is 0.474. The summed E-state index contributed by atoms with van der Waals surface area (Å²) in [5.74, 6) is 0.00416. The molecule has 0 aromatic carbocycles. The quantitative estimate of drug-likeness (QED) is 0.739. The Morgan fingerprint density at radius 3 is 2.82 bits per heavy atom. The Morgan fingerprint density at radius 2 is 2.24 bits per heavy atom. The summed E-state index contributed by atoms with van der Waals surface area (Å²) in [7, 11) is -3.67. The van der Waals surface area contributed by atoms with Gasteiger partial charge in [-0.05, 0) is 19.1 Å². The van der Waals surface area contributed by atoms with E-state index in [-0.39, 0.29) is 16.9 Å². The van der Waals surface area contributed by atoms with Gasteiger partial charge in [-0.1, -0.05) is 0 Å². The van der Waals surface area contributed by atoms with Gasteiger partial charge in [0.15, 0.2) is 12.0 Å². The van der Waals surface area contributed by atoms with E-state index in [0.29, 0.717) is 26.0 Å². The number of aldehydes is 1. The third-order valence-corrected chi connectivity index (χ3v) is 4.48. The molecule has 1 aliphatic rings. The van der Waals surface area contributed by atoms with E-state index in [1.54, 1.807) is 6.92 Å². The zero-order valence-electron chi connectivity index (χ0n) is 9.33. The number of rotatable bonds is 3. The maximum Gasteiger partial charge on any atom is 0.276 e. The number of sulfonamides is 1. The van der Waals surface area contributed by atoms with Gasteiger partial charge in [0.25, 0.3) is 10.0 Å². The molecule has 1 aromatic heterocycles. The molecule has 1 atom stereocenters. The molecule has 94 valence electrons. The van der Waals surface area contributed by atoms with Crippen LogP contribution in [-0.2, 0) is 14.8 Å². The zero-order valence-corrected chi connectivity index (χ0v) is 10.1. The minimum absolute atomic E-state index is 0.00416. The number of carbonyl (C=O) groups excluding carboxylic acids is 1. The van der Waals surface area contributed by atoms with Gasteiger partial charge < -0.3 is 9.15 Å². The molecular formula is C10H13NO5S. The molecule has 1 unspecified atom stereocenters. The molecule has 0 radical (unpaired) electrons. The Hall–Kier alpha value is -1.18. The van der Waals surface area contributed by atoms with Crippen molar-refractivity contribution in [1.29, 1.82) is 0 Å². The van der Waals surface area contributed by atoms with Crippen molar-refractivity contribution >= 4 is 16.3 Å². The average Bonchev–Trinajstić information content (AvgIpc) is 2.78. The Morgan fingerprint density at radius 1 is 1.47 bits per heavy atom. The van der Waals surface area contributed by atoms with E-state index < -0.39 is 10.0 Å². The van der Waals surface area contributed by atoms with Crippen molar-refractivity contribution in [2.45, 2.75) is 18.1 Å². The molecule has 2 rings (SSSR count). The van der Waals surface area contributed by atoms with Gasteiger partial charge in [0.2, 0.25) is 5.09 Å². The lowest BCUT2D eigenvalue weighted by Gasteiger charge is -2.31. The lowest BCUT2D eigenvalue weighted by atomic mass is 10.3. The van der Waals surface area contributed by atoms with Gasteiger partial charge in [0.05, 0.1) is 13.2 Å². The molecule has 0 saturated carbocycles. The van der Waals surface area contributed by atoms with Gasteiger partial charge in [0.1, 0.15) is 0 Å². The van der Waals surface area contributed by atoms with Crippen LogP contribution in [-0.4, -0.2) is 44.8 Å². The maximum absolute atomic E-state index is 12.2. The van der Waals surface area contributed by atoms with Crippen LogP contribution >= 0.6 is 0 Å². The van der Waals surface area contributed by atoms with Gasteiger partial charge in [-0.2, -0.15) is 4.31 Å². The molecule has 0 bridgehead atoms. The average molecular weight is 259 g/mol. The fraction of sp³-hybridized carbons (Fsp3) is 0.500. The van der Waals surface area contributed by atoms with Crippen molar-refractivity contribution in [3.8, 4) is 0 Å². The molecule has 0 N–H and O–H groups in total. The molecule has 0 amide bonds. The first-order valence-electron chi connectivity index (χ1n) is 5.20. The summed E-state index contributed by atoms with van der Waals surface area (Å²) in [6.45, 7) is 2.78. The number of morpholine rings is 1. The summed E-state index contributed by atoms with van der Waals surface area (Å²) < 4.78 is 35.8. The molecule has 7 heteroatoms. The molecule has 17 heavy (non-hydrogen) atoms. The first-order chi connectivity index (χ1) is 8.05. The SMILES string of the molecule is CC1COCCN1S(=O)(=O)c1ccc(C=O)o1. The minimum atomic E-state index is -3.67. The van der Waals surface area contributed by atoms with E-state index in [1.165, 1.54) is 16.4 Å². The second kappa shape index (κ2) is 4.59. The van der Waals surface area contributed by atoms with Gasteiger partial charge in [-0.25, -0.2) is 8.42 Å². The van der Waals surface area contributed by atoms with Crippen molar-refractivity contribution in [2.75, 3.05) is 19.8 Å². The van der Waals surface area contributed by atoms with Crippen molar-refractivity contribution in [3.05, 3.63) is 17.9 Å². The van der Waals surface area contributed by atoms with Crippen LogP contribution in [0.25, 0.3) is 0 Å². The fourth-order valence-electron chi connectivity index (χ4n) is 1.72. The summed E-state index contributed by atoms with van der Waals surface area (Å²) >= 11 is 0. The van der Waals surface area contributed by atoms with E-state index in [9.17, 15) is 13.2 Å². The lowest BCUT2D eigenvalue weighted by Crippen LogP contribution is -2.46. The highest BCUT2D eigenvalue weighted by molar-refractivity contribution is 7.89. The van der Waals surface area contributed by atoms with Crippen LogP contribution in [0.3, 0.4) is 0 Å². The van der Waals surface area contributed by atoms with Crippen LogP contribution in [0, 0.1) is 0 Å². The molecular weight excluding hydrogens is 246 g/mol. The molecule has 0 aliphatic carbocycles. The Bertz CT molecular complexity index is 507. The van der Waals surface area contributed by atoms with Crippen molar-refractivity contribution in [1.82, 2.24) is 4.31 Å². The second-order valence-corrected chi connectivity index (χ2v) is 5.64. The van der Waals surface area contributed by atoms with Crippen LogP contribution in [0.15, 0.2) is 21.6 Å². The summed E-state index contributed by atoms with van der Waals surface area (Å²) in [4.78, 5) is 10.5. The minimum Gasteiger partial charge on any atom is -0.440 e. The predicted octanol–water partition coefficient (Wildman–Crippen LogP) is 0.502. The van der Waals surface area contributed by atoms with Crippen LogP contribution in [0.5, 0.6) is 0 Å². The second-order valence-electron chi connectivity index (χ2n) is 3.81. The third kappa shape index (κ3) is 2.26. The van der Waals surface area contributed by atoms with E-state index in [4.69, 9.17) is 9.15 Å². The normalized spacial score (nSPS) is 22.5. The van der Waals surface area contributed by atoms with Gasteiger partial charge in [-0.3, -0.25) is 4.79 Å². The smallest absolute Gasteiger partial charge is 0.276 e. The number of hydrogen-bond acceptors (Lipinski definition) is 5. The first kappa shape index (κ1) is 12.3. The summed E-state index contributed by atoms with van der Waals surface area (Å²) in [5, 5.41) is -0.201. The highest BCUT2D eigenvalue weighted by atomic mass is 32.2. The van der Waals surface area contributed by atoms with Crippen LogP contribution < -0.4 is 0 Å². The zero-order chi connectivity index (χ0) is 12.5. The summed E-state index contributed by atoms with van der Waals surface area (Å²) in [5.41, 5.74) is 0. The predicted molar refractivity (Wildman–Crippen MR) is 58.3 cm³/mol. The fourth-order valence-corrected chi connectivity index (χ4v) is 3.24. The van der Waals surface area contributed by atoms with Crippen LogP contribution in [0.2, 0.25) is 0 Å². The number of nitrogens with zero attached hydrogens (tertiary/aromatic N) is 1. The largest absolute Gasteiger partial charge is 0.440 e. The maximum atomic E-state index is 12.2. The van der Waals surface area contributed by atoms with Crippen LogP contribution in [0.1, 0.15) is 17.5 Å². The molecule has 1 aliphatic heterocycles. The third-order valence-electron chi connectivity index (χ3n) is 2.59. The van der Waals surface area contributed by atoms with Crippen LogP contribution in [0.4, 0.5) is 0 Å². The molecule has 1 fully saturated rings. The van der Waals surface area contributed by atoms with Gasteiger partial charge >= 0.3 is 0 Å². The number of hydrogen-bond donors (Lipinski definition) is 0. The number of ether oxygens (including phenoxy) is 1. The van der Waals surface area contributed by atoms with E-state index in [0.717, 1.165) is 0 Å². The lowest BCUT2D eigenvalue weighted by molar-refractivity contribution is 0.0386. The number of furan rings is 1. The summed E-state index contributed by atoms with van der Waals surface area (Å²) in [6, 6.07) is 2.39. The van der Waals surface area contributed by atoms with Crippen molar-refractivity contribution in [2.24, 2.45) is 0 Å². The first-order valence-corrected chi connectivity index (χ1v) is 6.64.